The average molecular weight is 223 g/mol. The fraction of sp³-hybridized carbons (Fsp3) is 0.429. The fourth-order valence-corrected chi connectivity index (χ4v) is 0.950. The summed E-state index contributed by atoms with van der Waals surface area (Å²) >= 11 is 0. The zero-order chi connectivity index (χ0) is 10.0. The lowest BCUT2D eigenvalue weighted by atomic mass is 10.1. The molecule has 0 aliphatic rings. The first kappa shape index (κ1) is 12.7. The van der Waals surface area contributed by atoms with Gasteiger partial charge in [-0.15, -0.1) is 12.4 Å². The number of H-pyrrole nitrogens is 1. The molecule has 0 amide bonds. The number of aromatic amines is 1. The van der Waals surface area contributed by atoms with Crippen molar-refractivity contribution in [2.24, 2.45) is 5.73 Å². The van der Waals surface area contributed by atoms with Crippen molar-refractivity contribution in [2.75, 3.05) is 0 Å². The average Bonchev–Trinajstić information content (AvgIpc) is 2.35. The molecular formula is C7H11ClN2O4. The van der Waals surface area contributed by atoms with Gasteiger partial charge in [0.15, 0.2) is 0 Å². The molecule has 0 saturated carbocycles. The van der Waals surface area contributed by atoms with Gasteiger partial charge >= 0.3 is 5.97 Å². The second kappa shape index (κ2) is 4.83. The van der Waals surface area contributed by atoms with E-state index in [1.807, 2.05) is 0 Å². The molecule has 0 spiro atoms. The lowest BCUT2D eigenvalue weighted by Crippen LogP contribution is -2.33. The second-order valence-electron chi connectivity index (χ2n) is 2.72. The van der Waals surface area contributed by atoms with Gasteiger partial charge in [0.2, 0.25) is 0 Å². The van der Waals surface area contributed by atoms with E-state index in [1.54, 1.807) is 6.92 Å². The van der Waals surface area contributed by atoms with Crippen LogP contribution in [-0.4, -0.2) is 22.3 Å². The predicted octanol–water partition coefficient (Wildman–Crippen LogP) is -0.347. The maximum absolute atomic E-state index is 11.0. The fourth-order valence-electron chi connectivity index (χ4n) is 0.950. The van der Waals surface area contributed by atoms with Crippen LogP contribution < -0.4 is 11.3 Å². The molecule has 4 N–H and O–H groups in total. The minimum absolute atomic E-state index is 0. The van der Waals surface area contributed by atoms with Gasteiger partial charge in [0.25, 0.3) is 5.56 Å². The summed E-state index contributed by atoms with van der Waals surface area (Å²) in [6, 6.07) is -1.07. The predicted molar refractivity (Wildman–Crippen MR) is 50.6 cm³/mol. The van der Waals surface area contributed by atoms with Crippen LogP contribution in [0.2, 0.25) is 0 Å². The minimum atomic E-state index is -1.14. The molecule has 0 aliphatic carbocycles. The summed E-state index contributed by atoms with van der Waals surface area (Å²) in [6.07, 6.45) is -0.0208. The van der Waals surface area contributed by atoms with E-state index in [-0.39, 0.29) is 24.4 Å². The smallest absolute Gasteiger partial charge is 0.320 e. The van der Waals surface area contributed by atoms with E-state index in [9.17, 15) is 9.59 Å². The Labute approximate surface area is 85.5 Å². The standard InChI is InChI=1S/C7H10N2O4.ClH/c1-3-4(6(10)9-13-3)2-5(8)7(11)12;/h5H,2,8H2,1H3,(H,9,10)(H,11,12);1H. The van der Waals surface area contributed by atoms with Crippen molar-refractivity contribution in [1.82, 2.24) is 5.16 Å². The van der Waals surface area contributed by atoms with E-state index in [4.69, 9.17) is 10.8 Å². The van der Waals surface area contributed by atoms with E-state index < -0.39 is 17.6 Å². The summed E-state index contributed by atoms with van der Waals surface area (Å²) in [6.45, 7) is 1.57. The van der Waals surface area contributed by atoms with Crippen molar-refractivity contribution in [3.63, 3.8) is 0 Å². The van der Waals surface area contributed by atoms with E-state index in [2.05, 4.69) is 9.68 Å². The first-order valence-electron chi connectivity index (χ1n) is 3.67. The summed E-state index contributed by atoms with van der Waals surface area (Å²) in [5, 5.41) is 10.6. The highest BCUT2D eigenvalue weighted by Gasteiger charge is 2.17. The molecule has 14 heavy (non-hydrogen) atoms. The van der Waals surface area contributed by atoms with Crippen LogP contribution in [0.4, 0.5) is 0 Å². The van der Waals surface area contributed by atoms with Crippen molar-refractivity contribution in [3.8, 4) is 0 Å². The number of carboxylic acid groups (broad SMARTS) is 1. The SMILES string of the molecule is Cc1o[nH]c(=O)c1CC(N)C(=O)O.Cl. The van der Waals surface area contributed by atoms with Crippen LogP contribution in [0.25, 0.3) is 0 Å². The van der Waals surface area contributed by atoms with Crippen LogP contribution in [0.15, 0.2) is 9.32 Å². The molecule has 1 heterocycles. The molecule has 1 aromatic rings. The Kier molecular flexibility index (Phi) is 4.39. The third-order valence-corrected chi connectivity index (χ3v) is 1.74. The number of hydrogen-bond acceptors (Lipinski definition) is 4. The summed E-state index contributed by atoms with van der Waals surface area (Å²) in [5.41, 5.74) is 5.12. The zero-order valence-electron chi connectivity index (χ0n) is 7.44. The van der Waals surface area contributed by atoms with Gasteiger partial charge in [-0.2, -0.15) is 5.16 Å². The second-order valence-corrected chi connectivity index (χ2v) is 2.72. The third kappa shape index (κ3) is 2.61. The minimum Gasteiger partial charge on any atom is -0.480 e. The number of aromatic nitrogens is 1. The Morgan fingerprint density at radius 3 is 2.64 bits per heavy atom. The molecule has 0 aliphatic heterocycles. The Morgan fingerprint density at radius 1 is 1.71 bits per heavy atom. The molecule has 0 fully saturated rings. The molecule has 7 heteroatoms. The van der Waals surface area contributed by atoms with Crippen molar-refractivity contribution >= 4 is 18.4 Å². The monoisotopic (exact) mass is 222 g/mol. The molecular weight excluding hydrogens is 212 g/mol. The number of halogens is 1. The van der Waals surface area contributed by atoms with Crippen LogP contribution >= 0.6 is 12.4 Å². The highest BCUT2D eigenvalue weighted by Crippen LogP contribution is 2.03. The number of aryl methyl sites for hydroxylation is 1. The van der Waals surface area contributed by atoms with Gasteiger partial charge in [-0.1, -0.05) is 0 Å². The lowest BCUT2D eigenvalue weighted by molar-refractivity contribution is -0.138. The van der Waals surface area contributed by atoms with Crippen LogP contribution in [0.5, 0.6) is 0 Å². The quantitative estimate of drug-likeness (QED) is 0.648. The maximum Gasteiger partial charge on any atom is 0.320 e. The Balaban J connectivity index is 0.00000169. The number of rotatable bonds is 3. The van der Waals surface area contributed by atoms with E-state index in [0.29, 0.717) is 5.76 Å². The molecule has 1 aromatic heterocycles. The Bertz CT molecular complexity index is 370. The molecule has 0 radical (unpaired) electrons. The maximum atomic E-state index is 11.0. The number of aliphatic carboxylic acids is 1. The van der Waals surface area contributed by atoms with E-state index in [0.717, 1.165) is 0 Å². The van der Waals surface area contributed by atoms with Gasteiger partial charge in [0.05, 0.1) is 5.56 Å². The topological polar surface area (TPSA) is 109 Å². The van der Waals surface area contributed by atoms with Crippen molar-refractivity contribution in [3.05, 3.63) is 21.7 Å². The molecule has 0 saturated heterocycles. The summed E-state index contributed by atoms with van der Waals surface area (Å²) in [5.74, 6) is -0.762. The van der Waals surface area contributed by atoms with Crippen molar-refractivity contribution < 1.29 is 14.4 Å². The van der Waals surface area contributed by atoms with E-state index in [1.165, 1.54) is 0 Å². The van der Waals surface area contributed by atoms with Gasteiger partial charge in [-0.05, 0) is 6.92 Å². The van der Waals surface area contributed by atoms with Gasteiger partial charge in [0.1, 0.15) is 11.8 Å². The van der Waals surface area contributed by atoms with Gasteiger partial charge in [-0.25, -0.2) is 0 Å². The third-order valence-electron chi connectivity index (χ3n) is 1.74. The molecule has 1 atom stereocenters. The van der Waals surface area contributed by atoms with Gasteiger partial charge in [-0.3, -0.25) is 9.59 Å². The van der Waals surface area contributed by atoms with Crippen molar-refractivity contribution in [2.45, 2.75) is 19.4 Å². The Hall–Kier alpha value is -1.27. The molecule has 0 bridgehead atoms. The van der Waals surface area contributed by atoms with Crippen molar-refractivity contribution in [1.29, 1.82) is 0 Å². The molecule has 1 rings (SSSR count). The van der Waals surface area contributed by atoms with Crippen LogP contribution in [0, 0.1) is 6.92 Å². The van der Waals surface area contributed by atoms with Crippen LogP contribution in [0.1, 0.15) is 11.3 Å². The van der Waals surface area contributed by atoms with Crippen LogP contribution in [-0.2, 0) is 11.2 Å². The molecule has 0 aromatic carbocycles. The van der Waals surface area contributed by atoms with Crippen LogP contribution in [0.3, 0.4) is 0 Å². The normalized spacial score (nSPS) is 11.9. The summed E-state index contributed by atoms with van der Waals surface area (Å²) < 4.78 is 4.69. The lowest BCUT2D eigenvalue weighted by Gasteiger charge is -2.02. The number of carbonyl (C=O) groups is 1. The molecule has 80 valence electrons. The molecule has 6 nitrogen and oxygen atoms in total. The largest absolute Gasteiger partial charge is 0.480 e. The number of nitrogens with two attached hydrogens (primary N) is 1. The first-order valence-corrected chi connectivity index (χ1v) is 3.67. The van der Waals surface area contributed by atoms with E-state index >= 15 is 0 Å². The Morgan fingerprint density at radius 2 is 2.29 bits per heavy atom. The first-order chi connectivity index (χ1) is 6.02. The number of nitrogens with one attached hydrogen (secondary N) is 1. The number of carboxylic acids is 1. The zero-order valence-corrected chi connectivity index (χ0v) is 8.26. The highest BCUT2D eigenvalue weighted by molar-refractivity contribution is 5.85. The van der Waals surface area contributed by atoms with Gasteiger partial charge in [0, 0.05) is 6.42 Å². The summed E-state index contributed by atoms with van der Waals surface area (Å²) in [7, 11) is 0. The molecule has 1 unspecified atom stereocenters. The van der Waals surface area contributed by atoms with Gasteiger partial charge < -0.3 is 15.4 Å². The summed E-state index contributed by atoms with van der Waals surface area (Å²) in [4.78, 5) is 21.4. The number of hydrogen-bond donors (Lipinski definition) is 3. The highest BCUT2D eigenvalue weighted by atomic mass is 35.5.